The van der Waals surface area contributed by atoms with Gasteiger partial charge in [-0.1, -0.05) is 23.8 Å². The predicted molar refractivity (Wildman–Crippen MR) is 117 cm³/mol. The van der Waals surface area contributed by atoms with Crippen molar-refractivity contribution in [3.8, 4) is 5.75 Å². The van der Waals surface area contributed by atoms with Crippen LogP contribution in [0.4, 0.5) is 0 Å². The van der Waals surface area contributed by atoms with Crippen molar-refractivity contribution in [1.82, 2.24) is 4.90 Å². The topological polar surface area (TPSA) is 91.8 Å². The Morgan fingerprint density at radius 2 is 1.62 bits per heavy atom. The van der Waals surface area contributed by atoms with E-state index in [-0.39, 0.29) is 41.5 Å². The quantitative estimate of drug-likeness (QED) is 0.419. The highest BCUT2D eigenvalue weighted by Gasteiger charge is 2.55. The van der Waals surface area contributed by atoms with Crippen LogP contribution in [0, 0.1) is 31.6 Å². The van der Waals surface area contributed by atoms with Crippen molar-refractivity contribution in [2.24, 2.45) is 17.8 Å². The maximum absolute atomic E-state index is 13.3. The Morgan fingerprint density at radius 1 is 0.969 bits per heavy atom. The third-order valence-electron chi connectivity index (χ3n) is 7.63. The number of rotatable bonds is 1. The van der Waals surface area contributed by atoms with Gasteiger partial charge in [0.2, 0.25) is 11.8 Å². The molecule has 1 aliphatic heterocycles. The zero-order valence-corrected chi connectivity index (χ0v) is 18.6. The highest BCUT2D eigenvalue weighted by molar-refractivity contribution is 6.23. The van der Waals surface area contributed by atoms with E-state index in [4.69, 9.17) is 0 Å². The number of Topliss-reactive ketones (excluding diaryl/α,β-unsaturated/α-hetero) is 1. The third-order valence-corrected chi connectivity index (χ3v) is 7.63. The molecule has 6 heteroatoms. The van der Waals surface area contributed by atoms with E-state index in [2.05, 4.69) is 0 Å². The van der Waals surface area contributed by atoms with E-state index in [0.717, 1.165) is 11.1 Å². The van der Waals surface area contributed by atoms with Gasteiger partial charge in [0.25, 0.3) is 0 Å². The fourth-order valence-corrected chi connectivity index (χ4v) is 6.05. The minimum Gasteiger partial charge on any atom is -0.507 e. The summed E-state index contributed by atoms with van der Waals surface area (Å²) in [6.07, 6.45) is 4.12. The summed E-state index contributed by atoms with van der Waals surface area (Å²) < 4.78 is 0. The number of hydrogen-bond donors (Lipinski definition) is 1. The minimum absolute atomic E-state index is 0.152. The Labute approximate surface area is 186 Å². The van der Waals surface area contributed by atoms with Crippen molar-refractivity contribution in [1.29, 1.82) is 0 Å². The van der Waals surface area contributed by atoms with Crippen LogP contribution in [-0.4, -0.2) is 40.4 Å². The second kappa shape index (κ2) is 6.86. The van der Waals surface area contributed by atoms with Crippen molar-refractivity contribution in [2.45, 2.75) is 39.5 Å². The monoisotopic (exact) mass is 431 g/mol. The number of aromatic hydroxyl groups is 1. The summed E-state index contributed by atoms with van der Waals surface area (Å²) in [7, 11) is 1.52. The van der Waals surface area contributed by atoms with Crippen molar-refractivity contribution >= 4 is 23.4 Å². The molecule has 32 heavy (non-hydrogen) atoms. The number of amides is 2. The highest BCUT2D eigenvalue weighted by Crippen LogP contribution is 2.55. The molecular formula is C26H25NO5. The minimum atomic E-state index is -0.515. The van der Waals surface area contributed by atoms with Gasteiger partial charge in [-0.05, 0) is 62.3 Å². The standard InChI is InChI=1S/C26H25NO5/c1-11-7-14(8-12(2)23(11)29)20-15-5-6-16-21(26(32)27(4)25(16)31)17(15)10-18-19(28)9-13(3)24(30)22(18)20/h5,7-9,16-17,20-21,29H,6,10H2,1-4H3/t16-,17+,20-,21-/m0/s1. The fourth-order valence-electron chi connectivity index (χ4n) is 6.05. The molecule has 5 rings (SSSR count). The lowest BCUT2D eigenvalue weighted by atomic mass is 9.59. The van der Waals surface area contributed by atoms with Gasteiger partial charge < -0.3 is 5.11 Å². The van der Waals surface area contributed by atoms with Crippen LogP contribution in [-0.2, 0) is 19.2 Å². The number of fused-ring (bicyclic) bond motifs is 3. The molecule has 0 unspecified atom stereocenters. The van der Waals surface area contributed by atoms with E-state index in [1.54, 1.807) is 20.8 Å². The van der Waals surface area contributed by atoms with E-state index >= 15 is 0 Å². The predicted octanol–water partition coefficient (Wildman–Crippen LogP) is 3.07. The Morgan fingerprint density at radius 3 is 2.28 bits per heavy atom. The van der Waals surface area contributed by atoms with Crippen LogP contribution in [0.1, 0.15) is 42.4 Å². The Kier molecular flexibility index (Phi) is 4.42. The molecule has 6 nitrogen and oxygen atoms in total. The van der Waals surface area contributed by atoms with E-state index in [1.807, 2.05) is 18.2 Å². The summed E-state index contributed by atoms with van der Waals surface area (Å²) in [4.78, 5) is 53.2. The molecular weight excluding hydrogens is 406 g/mol. The molecule has 1 N–H and O–H groups in total. The second-order valence-corrected chi connectivity index (χ2v) is 9.47. The second-order valence-electron chi connectivity index (χ2n) is 9.47. The average molecular weight is 431 g/mol. The maximum Gasteiger partial charge on any atom is 0.233 e. The molecule has 3 aliphatic carbocycles. The largest absolute Gasteiger partial charge is 0.507 e. The first-order chi connectivity index (χ1) is 15.1. The van der Waals surface area contributed by atoms with Crippen LogP contribution in [0.2, 0.25) is 0 Å². The number of hydrogen-bond acceptors (Lipinski definition) is 5. The fraction of sp³-hybridized carbons (Fsp3) is 0.385. The number of benzene rings is 1. The van der Waals surface area contributed by atoms with Crippen LogP contribution in [0.25, 0.3) is 0 Å². The van der Waals surface area contributed by atoms with Crippen LogP contribution >= 0.6 is 0 Å². The summed E-state index contributed by atoms with van der Waals surface area (Å²) in [5.41, 5.74) is 4.46. The number of phenolic OH excluding ortho intramolecular Hbond substituents is 1. The van der Waals surface area contributed by atoms with Gasteiger partial charge in [0.05, 0.1) is 11.8 Å². The van der Waals surface area contributed by atoms with E-state index < -0.39 is 17.8 Å². The molecule has 0 aromatic heterocycles. The Hall–Kier alpha value is -3.28. The number of carbonyl (C=O) groups excluding carboxylic acids is 4. The Bertz CT molecular complexity index is 1210. The van der Waals surface area contributed by atoms with E-state index in [9.17, 15) is 24.3 Å². The lowest BCUT2D eigenvalue weighted by Gasteiger charge is -2.42. The van der Waals surface area contributed by atoms with Crippen molar-refractivity contribution in [2.75, 3.05) is 7.05 Å². The van der Waals surface area contributed by atoms with E-state index in [1.165, 1.54) is 18.0 Å². The molecule has 1 fully saturated rings. The third kappa shape index (κ3) is 2.65. The first-order valence-corrected chi connectivity index (χ1v) is 10.9. The van der Waals surface area contributed by atoms with Gasteiger partial charge >= 0.3 is 0 Å². The number of imide groups is 1. The molecule has 1 aromatic rings. The molecule has 0 saturated carbocycles. The number of allylic oxidation sites excluding steroid dienone is 6. The maximum atomic E-state index is 13.3. The van der Waals surface area contributed by atoms with E-state index in [0.29, 0.717) is 34.3 Å². The smallest absolute Gasteiger partial charge is 0.233 e. The summed E-state index contributed by atoms with van der Waals surface area (Å²) in [5.74, 6) is -2.25. The first-order valence-electron chi connectivity index (χ1n) is 10.9. The molecule has 0 spiro atoms. The van der Waals surface area contributed by atoms with Crippen LogP contribution < -0.4 is 0 Å². The lowest BCUT2D eigenvalue weighted by molar-refractivity contribution is -0.138. The molecule has 2 amide bonds. The summed E-state index contributed by atoms with van der Waals surface area (Å²) >= 11 is 0. The van der Waals surface area contributed by atoms with Gasteiger partial charge in [-0.3, -0.25) is 24.1 Å². The van der Waals surface area contributed by atoms with Gasteiger partial charge in [0.1, 0.15) is 5.75 Å². The van der Waals surface area contributed by atoms with Gasteiger partial charge in [-0.25, -0.2) is 0 Å². The normalized spacial score (nSPS) is 29.6. The van der Waals surface area contributed by atoms with Crippen molar-refractivity contribution in [3.63, 3.8) is 0 Å². The van der Waals surface area contributed by atoms with Crippen molar-refractivity contribution in [3.05, 3.63) is 63.3 Å². The lowest BCUT2D eigenvalue weighted by Crippen LogP contribution is -2.39. The van der Waals surface area contributed by atoms with Crippen LogP contribution in [0.3, 0.4) is 0 Å². The van der Waals surface area contributed by atoms with Crippen molar-refractivity contribution < 1.29 is 24.3 Å². The number of ketones is 2. The van der Waals surface area contributed by atoms with Gasteiger partial charge in [0.15, 0.2) is 11.6 Å². The molecule has 0 bridgehead atoms. The first kappa shape index (κ1) is 20.6. The number of aryl methyl sites for hydroxylation is 2. The zero-order valence-electron chi connectivity index (χ0n) is 18.6. The zero-order chi connectivity index (χ0) is 23.1. The van der Waals surface area contributed by atoms with Crippen LogP contribution in [0.5, 0.6) is 5.75 Å². The van der Waals surface area contributed by atoms with Gasteiger partial charge in [0, 0.05) is 29.7 Å². The number of carbonyl (C=O) groups is 4. The molecule has 1 aromatic carbocycles. The van der Waals surface area contributed by atoms with Gasteiger partial charge in [-0.15, -0.1) is 0 Å². The summed E-state index contributed by atoms with van der Waals surface area (Å²) in [6, 6.07) is 3.71. The highest BCUT2D eigenvalue weighted by atomic mass is 16.3. The SMILES string of the molecule is CC1=CC(=O)C2=C(C1=O)[C@@H](c1cc(C)c(O)c(C)c1)C1=CC[C@@H]3C(=O)N(C)C(=O)[C@@H]3[C@@H]1C2. The summed E-state index contributed by atoms with van der Waals surface area (Å²) in [5, 5.41) is 10.3. The van der Waals surface area contributed by atoms with Gasteiger partial charge in [-0.2, -0.15) is 0 Å². The molecule has 4 atom stereocenters. The van der Waals surface area contributed by atoms with Crippen LogP contribution in [0.15, 0.2) is 46.6 Å². The molecule has 0 radical (unpaired) electrons. The Balaban J connectivity index is 1.74. The molecule has 4 aliphatic rings. The number of nitrogens with zero attached hydrogens (tertiary/aromatic N) is 1. The average Bonchev–Trinajstić information content (AvgIpc) is 2.98. The molecule has 1 heterocycles. The number of likely N-dealkylation sites (tertiary alicyclic amines) is 1. The number of phenols is 1. The summed E-state index contributed by atoms with van der Waals surface area (Å²) in [6.45, 7) is 5.26. The molecule has 1 saturated heterocycles. The molecule has 164 valence electrons.